The van der Waals surface area contributed by atoms with Crippen LogP contribution in [0.1, 0.15) is 54.7 Å². The lowest BCUT2D eigenvalue weighted by Crippen LogP contribution is -2.31. The van der Waals surface area contributed by atoms with Crippen LogP contribution in [0.3, 0.4) is 0 Å². The third-order valence-electron chi connectivity index (χ3n) is 7.42. The number of methoxy groups -OCH3 is 2. The highest BCUT2D eigenvalue weighted by molar-refractivity contribution is 5.79. The van der Waals surface area contributed by atoms with E-state index in [2.05, 4.69) is 0 Å². The van der Waals surface area contributed by atoms with Crippen LogP contribution in [-0.2, 0) is 20.7 Å². The van der Waals surface area contributed by atoms with E-state index < -0.39 is 0 Å². The Morgan fingerprint density at radius 2 is 1.68 bits per heavy atom. The van der Waals surface area contributed by atoms with Gasteiger partial charge >= 0.3 is 11.9 Å². The van der Waals surface area contributed by atoms with Crippen LogP contribution in [0.2, 0.25) is 0 Å². The van der Waals surface area contributed by atoms with Crippen LogP contribution >= 0.6 is 0 Å². The van der Waals surface area contributed by atoms with E-state index in [4.69, 9.17) is 34.2 Å². The lowest BCUT2D eigenvalue weighted by molar-refractivity contribution is -0.141. The standard InChI is InChI=1S/C28H33NO8/c1-32-22-11-17(12-23(33-2)27(22)37-24(30)7-5-3-4-6-8-29)25-19-13-21-20(35-15-36-21)10-16(19)9-18-14-34-28(31)26(18)25/h10-13,18,25-26H,3-9,14-15,29H2,1-2H3/t18-,25+,26-/m0/s1. The van der Waals surface area contributed by atoms with E-state index in [1.807, 2.05) is 24.3 Å². The molecule has 0 spiro atoms. The fourth-order valence-electron chi connectivity index (χ4n) is 5.62. The van der Waals surface area contributed by atoms with Crippen molar-refractivity contribution in [2.75, 3.05) is 34.2 Å². The van der Waals surface area contributed by atoms with E-state index in [1.165, 1.54) is 14.2 Å². The van der Waals surface area contributed by atoms with Crippen LogP contribution in [0, 0.1) is 11.8 Å². The first-order chi connectivity index (χ1) is 18.0. The molecule has 198 valence electrons. The van der Waals surface area contributed by atoms with E-state index in [0.717, 1.165) is 42.4 Å². The highest BCUT2D eigenvalue weighted by Crippen LogP contribution is 2.52. The number of unbranched alkanes of at least 4 members (excludes halogenated alkanes) is 3. The molecule has 2 heterocycles. The predicted octanol–water partition coefficient (Wildman–Crippen LogP) is 3.72. The number of carbonyl (C=O) groups excluding carboxylic acids is 2. The molecule has 3 aliphatic rings. The topological polar surface area (TPSA) is 116 Å². The van der Waals surface area contributed by atoms with Crippen LogP contribution < -0.4 is 29.4 Å². The number of benzene rings is 2. The van der Waals surface area contributed by atoms with Crippen molar-refractivity contribution < 1.29 is 38.0 Å². The second kappa shape index (κ2) is 10.9. The second-order valence-corrected chi connectivity index (χ2v) is 9.68. The summed E-state index contributed by atoms with van der Waals surface area (Å²) in [7, 11) is 3.03. The fraction of sp³-hybridized carbons (Fsp3) is 0.500. The molecule has 0 saturated carbocycles. The van der Waals surface area contributed by atoms with Gasteiger partial charge in [-0.1, -0.05) is 12.8 Å². The molecule has 5 rings (SSSR count). The molecule has 1 fully saturated rings. The number of hydrogen-bond donors (Lipinski definition) is 1. The molecule has 9 nitrogen and oxygen atoms in total. The maximum Gasteiger partial charge on any atom is 0.311 e. The summed E-state index contributed by atoms with van der Waals surface area (Å²) in [6.45, 7) is 1.20. The first kappa shape index (κ1) is 25.2. The summed E-state index contributed by atoms with van der Waals surface area (Å²) >= 11 is 0. The minimum absolute atomic E-state index is 0.0409. The molecule has 37 heavy (non-hydrogen) atoms. The molecule has 2 aromatic rings. The number of nitrogens with two attached hydrogens (primary N) is 1. The predicted molar refractivity (Wildman–Crippen MR) is 133 cm³/mol. The van der Waals surface area contributed by atoms with Crippen LogP contribution in [0.4, 0.5) is 0 Å². The fourth-order valence-corrected chi connectivity index (χ4v) is 5.62. The number of carbonyl (C=O) groups is 2. The van der Waals surface area contributed by atoms with Crippen molar-refractivity contribution in [3.63, 3.8) is 0 Å². The van der Waals surface area contributed by atoms with Crippen molar-refractivity contribution in [3.8, 4) is 28.7 Å². The van der Waals surface area contributed by atoms with Crippen molar-refractivity contribution in [2.45, 2.75) is 44.4 Å². The zero-order valence-corrected chi connectivity index (χ0v) is 21.2. The molecule has 1 aliphatic carbocycles. The average molecular weight is 512 g/mol. The quantitative estimate of drug-likeness (QED) is 0.289. The Morgan fingerprint density at radius 1 is 0.973 bits per heavy atom. The van der Waals surface area contributed by atoms with Crippen molar-refractivity contribution in [1.82, 2.24) is 0 Å². The number of cyclic esters (lactones) is 1. The number of hydrogen-bond acceptors (Lipinski definition) is 9. The van der Waals surface area contributed by atoms with Gasteiger partial charge in [0.15, 0.2) is 23.0 Å². The first-order valence-corrected chi connectivity index (χ1v) is 12.8. The summed E-state index contributed by atoms with van der Waals surface area (Å²) in [6.07, 6.45) is 4.57. The van der Waals surface area contributed by atoms with Gasteiger partial charge in [-0.15, -0.1) is 0 Å². The number of esters is 2. The van der Waals surface area contributed by atoms with Crippen LogP contribution in [0.25, 0.3) is 0 Å². The summed E-state index contributed by atoms with van der Waals surface area (Å²) < 4.78 is 33.7. The van der Waals surface area contributed by atoms with Gasteiger partial charge < -0.3 is 34.2 Å². The monoisotopic (exact) mass is 511 g/mol. The third kappa shape index (κ3) is 4.92. The molecule has 2 aliphatic heterocycles. The van der Waals surface area contributed by atoms with Gasteiger partial charge in [-0.05, 0) is 66.8 Å². The largest absolute Gasteiger partial charge is 0.493 e. The summed E-state index contributed by atoms with van der Waals surface area (Å²) in [5.74, 6) is 1.12. The van der Waals surface area contributed by atoms with Gasteiger partial charge in [0.05, 0.1) is 26.7 Å². The number of ether oxygens (including phenoxy) is 6. The maximum atomic E-state index is 12.9. The maximum absolute atomic E-state index is 12.9. The Kier molecular flexibility index (Phi) is 7.41. The van der Waals surface area contributed by atoms with Crippen LogP contribution in [0.5, 0.6) is 28.7 Å². The normalized spacial score (nSPS) is 21.2. The minimum Gasteiger partial charge on any atom is -0.493 e. The highest BCUT2D eigenvalue weighted by atomic mass is 16.7. The molecule has 0 bridgehead atoms. The molecule has 0 unspecified atom stereocenters. The number of rotatable bonds is 10. The second-order valence-electron chi connectivity index (χ2n) is 9.68. The minimum atomic E-state index is -0.357. The zero-order valence-electron chi connectivity index (χ0n) is 21.2. The Morgan fingerprint density at radius 3 is 2.38 bits per heavy atom. The molecular formula is C28H33NO8. The molecule has 9 heteroatoms. The van der Waals surface area contributed by atoms with Gasteiger partial charge in [0.25, 0.3) is 0 Å². The van der Waals surface area contributed by atoms with E-state index in [1.54, 1.807) is 0 Å². The van der Waals surface area contributed by atoms with Gasteiger partial charge in [-0.2, -0.15) is 0 Å². The van der Waals surface area contributed by atoms with Crippen LogP contribution in [0.15, 0.2) is 24.3 Å². The SMILES string of the molecule is COc1cc([C@@H]2c3cc4c(cc3C[C@H]3COC(=O)[C@@H]32)OCO4)cc(OC)c1OC(=O)CCCCCCN. The van der Waals surface area contributed by atoms with Gasteiger partial charge in [0, 0.05) is 18.3 Å². The Bertz CT molecular complexity index is 1150. The first-order valence-electron chi connectivity index (χ1n) is 12.8. The van der Waals surface area contributed by atoms with E-state index in [9.17, 15) is 9.59 Å². The van der Waals surface area contributed by atoms with Gasteiger partial charge in [-0.3, -0.25) is 9.59 Å². The summed E-state index contributed by atoms with van der Waals surface area (Å²) in [5.41, 5.74) is 8.42. The van der Waals surface area contributed by atoms with Crippen molar-refractivity contribution in [1.29, 1.82) is 0 Å². The summed E-state index contributed by atoms with van der Waals surface area (Å²) in [6, 6.07) is 7.60. The van der Waals surface area contributed by atoms with E-state index in [-0.39, 0.29) is 48.7 Å². The molecule has 2 aromatic carbocycles. The summed E-state index contributed by atoms with van der Waals surface area (Å²) in [5, 5.41) is 0. The highest BCUT2D eigenvalue weighted by Gasteiger charge is 2.48. The van der Waals surface area contributed by atoms with Crippen molar-refractivity contribution >= 4 is 11.9 Å². The number of fused-ring (bicyclic) bond motifs is 3. The van der Waals surface area contributed by atoms with Crippen molar-refractivity contribution in [3.05, 3.63) is 41.0 Å². The third-order valence-corrected chi connectivity index (χ3v) is 7.42. The lowest BCUT2D eigenvalue weighted by atomic mass is 9.67. The molecule has 3 atom stereocenters. The zero-order chi connectivity index (χ0) is 25.9. The summed E-state index contributed by atoms with van der Waals surface area (Å²) in [4.78, 5) is 25.5. The molecule has 0 radical (unpaired) electrons. The Balaban J connectivity index is 1.48. The smallest absolute Gasteiger partial charge is 0.311 e. The average Bonchev–Trinajstić information content (AvgIpc) is 3.51. The molecule has 1 saturated heterocycles. The Labute approximate surface area is 216 Å². The molecule has 0 aromatic heterocycles. The van der Waals surface area contributed by atoms with Crippen molar-refractivity contribution in [2.24, 2.45) is 17.6 Å². The Hall–Kier alpha value is -3.46. The van der Waals surface area contributed by atoms with Gasteiger partial charge in [0.2, 0.25) is 12.5 Å². The van der Waals surface area contributed by atoms with Gasteiger partial charge in [0.1, 0.15) is 0 Å². The van der Waals surface area contributed by atoms with Gasteiger partial charge in [-0.25, -0.2) is 0 Å². The van der Waals surface area contributed by atoms with Crippen LogP contribution in [-0.4, -0.2) is 46.1 Å². The lowest BCUT2D eigenvalue weighted by Gasteiger charge is -2.34. The molecule has 2 N–H and O–H groups in total. The van der Waals surface area contributed by atoms with E-state index in [0.29, 0.717) is 42.6 Å². The molecule has 0 amide bonds. The molecular weight excluding hydrogens is 478 g/mol. The van der Waals surface area contributed by atoms with E-state index >= 15 is 0 Å².